The minimum absolute atomic E-state index is 0.0759. The molecule has 0 spiro atoms. The van der Waals surface area contributed by atoms with E-state index in [9.17, 15) is 12.8 Å². The Morgan fingerprint density at radius 1 is 1.44 bits per heavy atom. The summed E-state index contributed by atoms with van der Waals surface area (Å²) >= 11 is 0. The average molecular weight is 267 g/mol. The molecule has 0 aliphatic heterocycles. The summed E-state index contributed by atoms with van der Waals surface area (Å²) in [4.78, 5) is -0.0759. The van der Waals surface area contributed by atoms with Gasteiger partial charge in [-0.25, -0.2) is 8.42 Å². The third-order valence-corrected chi connectivity index (χ3v) is 3.24. The molecular weight excluding hydrogens is 255 g/mol. The molecular formula is C10H12ClFO3S. The van der Waals surface area contributed by atoms with Crippen LogP contribution < -0.4 is 4.74 Å². The van der Waals surface area contributed by atoms with E-state index in [1.807, 2.05) is 0 Å². The Balaban J connectivity index is 2.99. The SMILES string of the molecule is Cc1ccc(OCCCF)c(S(=O)(=O)Cl)c1. The van der Waals surface area contributed by atoms with Crippen LogP contribution >= 0.6 is 10.7 Å². The van der Waals surface area contributed by atoms with Crippen LogP contribution in [0.2, 0.25) is 0 Å². The highest BCUT2D eigenvalue weighted by atomic mass is 35.7. The van der Waals surface area contributed by atoms with Gasteiger partial charge in [0.2, 0.25) is 0 Å². The highest BCUT2D eigenvalue weighted by Gasteiger charge is 2.16. The monoisotopic (exact) mass is 266 g/mol. The van der Waals surface area contributed by atoms with Crippen LogP contribution in [0.15, 0.2) is 23.1 Å². The Morgan fingerprint density at radius 2 is 2.12 bits per heavy atom. The van der Waals surface area contributed by atoms with Crippen LogP contribution in [-0.2, 0) is 9.05 Å². The van der Waals surface area contributed by atoms with Crippen LogP contribution in [-0.4, -0.2) is 21.7 Å². The zero-order valence-corrected chi connectivity index (χ0v) is 10.3. The van der Waals surface area contributed by atoms with Gasteiger partial charge in [0, 0.05) is 17.1 Å². The first-order valence-corrected chi connectivity index (χ1v) is 7.00. The fourth-order valence-electron chi connectivity index (χ4n) is 1.16. The Hall–Kier alpha value is -0.810. The molecule has 16 heavy (non-hydrogen) atoms. The Kier molecular flexibility index (Phi) is 4.56. The van der Waals surface area contributed by atoms with Crippen molar-refractivity contribution in [2.75, 3.05) is 13.3 Å². The molecule has 0 radical (unpaired) electrons. The Morgan fingerprint density at radius 3 is 2.69 bits per heavy atom. The number of aryl methyl sites for hydroxylation is 1. The maximum Gasteiger partial charge on any atom is 0.264 e. The molecule has 0 atom stereocenters. The van der Waals surface area contributed by atoms with Crippen LogP contribution in [0.25, 0.3) is 0 Å². The molecule has 1 aromatic rings. The van der Waals surface area contributed by atoms with E-state index in [1.54, 1.807) is 13.0 Å². The topological polar surface area (TPSA) is 43.4 Å². The van der Waals surface area contributed by atoms with Gasteiger partial charge in [0.1, 0.15) is 10.6 Å². The summed E-state index contributed by atoms with van der Waals surface area (Å²) in [5.74, 6) is 0.161. The highest BCUT2D eigenvalue weighted by molar-refractivity contribution is 8.13. The molecule has 0 saturated carbocycles. The van der Waals surface area contributed by atoms with Gasteiger partial charge in [-0.1, -0.05) is 6.07 Å². The van der Waals surface area contributed by atoms with Crippen molar-refractivity contribution < 1.29 is 17.5 Å². The molecule has 1 rings (SSSR count). The van der Waals surface area contributed by atoms with Gasteiger partial charge < -0.3 is 4.74 Å². The molecule has 0 bridgehead atoms. The summed E-state index contributed by atoms with van der Waals surface area (Å²) in [6.07, 6.45) is 0.218. The number of halogens is 2. The van der Waals surface area contributed by atoms with Crippen molar-refractivity contribution in [2.24, 2.45) is 0 Å². The number of hydrogen-bond acceptors (Lipinski definition) is 3. The summed E-state index contributed by atoms with van der Waals surface area (Å²) < 4.78 is 39.5. The van der Waals surface area contributed by atoms with Gasteiger partial charge in [0.05, 0.1) is 13.3 Å². The molecule has 0 amide bonds. The van der Waals surface area contributed by atoms with Crippen molar-refractivity contribution in [3.8, 4) is 5.75 Å². The summed E-state index contributed by atoms with van der Waals surface area (Å²) in [5.41, 5.74) is 0.761. The van der Waals surface area contributed by atoms with Crippen molar-refractivity contribution in [2.45, 2.75) is 18.2 Å². The van der Waals surface area contributed by atoms with Gasteiger partial charge in [-0.05, 0) is 24.6 Å². The first-order valence-electron chi connectivity index (χ1n) is 4.69. The Labute approximate surface area is 98.6 Å². The van der Waals surface area contributed by atoms with E-state index in [1.165, 1.54) is 12.1 Å². The lowest BCUT2D eigenvalue weighted by atomic mass is 10.2. The lowest BCUT2D eigenvalue weighted by Crippen LogP contribution is -2.03. The quantitative estimate of drug-likeness (QED) is 0.608. The van der Waals surface area contributed by atoms with E-state index in [0.29, 0.717) is 0 Å². The third-order valence-electron chi connectivity index (χ3n) is 1.90. The number of benzene rings is 1. The predicted octanol–water partition coefficient (Wildman–Crippen LogP) is 2.66. The minimum atomic E-state index is -3.84. The average Bonchev–Trinajstić information content (AvgIpc) is 2.19. The van der Waals surface area contributed by atoms with E-state index >= 15 is 0 Å². The summed E-state index contributed by atoms with van der Waals surface area (Å²) in [6, 6.07) is 4.65. The molecule has 0 fully saturated rings. The molecule has 0 aliphatic carbocycles. The van der Waals surface area contributed by atoms with E-state index in [2.05, 4.69) is 0 Å². The summed E-state index contributed by atoms with van der Waals surface area (Å²) in [7, 11) is 1.43. The molecule has 0 aliphatic rings. The van der Waals surface area contributed by atoms with Gasteiger partial charge in [0.25, 0.3) is 9.05 Å². The molecule has 1 aromatic carbocycles. The lowest BCUT2D eigenvalue weighted by molar-refractivity contribution is 0.283. The standard InChI is InChI=1S/C10H12ClFO3S/c1-8-3-4-9(15-6-2-5-12)10(7-8)16(11,13)14/h3-4,7H,2,5-6H2,1H3. The van der Waals surface area contributed by atoms with Crippen molar-refractivity contribution in [1.29, 1.82) is 0 Å². The molecule has 90 valence electrons. The molecule has 0 aromatic heterocycles. The normalized spacial score (nSPS) is 11.4. The van der Waals surface area contributed by atoms with E-state index < -0.39 is 15.7 Å². The van der Waals surface area contributed by atoms with Gasteiger partial charge in [-0.3, -0.25) is 4.39 Å². The first-order chi connectivity index (χ1) is 7.45. The second kappa shape index (κ2) is 5.50. The maximum absolute atomic E-state index is 11.9. The fourth-order valence-corrected chi connectivity index (χ4v) is 2.22. The van der Waals surface area contributed by atoms with E-state index in [-0.39, 0.29) is 23.7 Å². The minimum Gasteiger partial charge on any atom is -0.492 e. The molecule has 0 N–H and O–H groups in total. The van der Waals surface area contributed by atoms with Gasteiger partial charge in [-0.15, -0.1) is 0 Å². The van der Waals surface area contributed by atoms with Crippen molar-refractivity contribution >= 4 is 19.7 Å². The van der Waals surface area contributed by atoms with Crippen molar-refractivity contribution in [1.82, 2.24) is 0 Å². The van der Waals surface area contributed by atoms with Crippen LogP contribution in [0.4, 0.5) is 4.39 Å². The predicted molar refractivity (Wildman–Crippen MR) is 60.3 cm³/mol. The molecule has 0 heterocycles. The molecule has 3 nitrogen and oxygen atoms in total. The molecule has 0 unspecified atom stereocenters. The van der Waals surface area contributed by atoms with Crippen LogP contribution in [0.5, 0.6) is 5.75 Å². The van der Waals surface area contributed by atoms with Crippen LogP contribution in [0, 0.1) is 6.92 Å². The first kappa shape index (κ1) is 13.3. The summed E-state index contributed by atoms with van der Waals surface area (Å²) in [5, 5.41) is 0. The molecule has 0 saturated heterocycles. The fraction of sp³-hybridized carbons (Fsp3) is 0.400. The smallest absolute Gasteiger partial charge is 0.264 e. The number of alkyl halides is 1. The number of rotatable bonds is 5. The van der Waals surface area contributed by atoms with E-state index in [4.69, 9.17) is 15.4 Å². The van der Waals surface area contributed by atoms with Crippen LogP contribution in [0.3, 0.4) is 0 Å². The summed E-state index contributed by atoms with van der Waals surface area (Å²) in [6.45, 7) is 1.37. The van der Waals surface area contributed by atoms with Crippen LogP contribution in [0.1, 0.15) is 12.0 Å². The Bertz CT molecular complexity index is 459. The van der Waals surface area contributed by atoms with Crippen molar-refractivity contribution in [3.63, 3.8) is 0 Å². The maximum atomic E-state index is 11.9. The largest absolute Gasteiger partial charge is 0.492 e. The zero-order chi connectivity index (χ0) is 12.2. The third kappa shape index (κ3) is 3.64. The lowest BCUT2D eigenvalue weighted by Gasteiger charge is -2.09. The second-order valence-corrected chi connectivity index (χ2v) is 5.81. The van der Waals surface area contributed by atoms with Gasteiger partial charge in [0.15, 0.2) is 0 Å². The number of hydrogen-bond donors (Lipinski definition) is 0. The highest BCUT2D eigenvalue weighted by Crippen LogP contribution is 2.27. The molecule has 6 heteroatoms. The zero-order valence-electron chi connectivity index (χ0n) is 8.74. The van der Waals surface area contributed by atoms with Gasteiger partial charge >= 0.3 is 0 Å². The van der Waals surface area contributed by atoms with Gasteiger partial charge in [-0.2, -0.15) is 0 Å². The second-order valence-electron chi connectivity index (χ2n) is 3.28. The number of ether oxygens (including phenoxy) is 1. The van der Waals surface area contributed by atoms with Crippen molar-refractivity contribution in [3.05, 3.63) is 23.8 Å². The van der Waals surface area contributed by atoms with E-state index in [0.717, 1.165) is 5.56 Å².